The summed E-state index contributed by atoms with van der Waals surface area (Å²) in [5.74, 6) is 0. The lowest BCUT2D eigenvalue weighted by Crippen LogP contribution is -2.12. The van der Waals surface area contributed by atoms with Crippen molar-refractivity contribution in [1.82, 2.24) is 5.32 Å². The Morgan fingerprint density at radius 2 is 1.47 bits per heavy atom. The van der Waals surface area contributed by atoms with E-state index in [0.717, 1.165) is 13.1 Å². The van der Waals surface area contributed by atoms with Crippen LogP contribution in [0, 0.1) is 6.92 Å². The van der Waals surface area contributed by atoms with Crippen molar-refractivity contribution in [2.45, 2.75) is 20.0 Å². The van der Waals surface area contributed by atoms with Gasteiger partial charge in [-0.25, -0.2) is 0 Å². The number of halogens is 1. The average Bonchev–Trinajstić information content (AvgIpc) is 2.30. The molecular formula is C15H18ClN. The van der Waals surface area contributed by atoms with Gasteiger partial charge in [-0.3, -0.25) is 0 Å². The molecule has 2 aromatic carbocycles. The highest BCUT2D eigenvalue weighted by Gasteiger charge is 1.93. The van der Waals surface area contributed by atoms with Gasteiger partial charge in [0.25, 0.3) is 0 Å². The van der Waals surface area contributed by atoms with Gasteiger partial charge >= 0.3 is 0 Å². The maximum atomic E-state index is 3.45. The second kappa shape index (κ2) is 7.10. The standard InChI is InChI=1S/C15H17N.ClH/c1-13-6-5-9-15(10-13)12-16-11-14-7-3-2-4-8-14;/h2-10,16H,11-12H2,1H3;1H. The second-order valence-corrected chi connectivity index (χ2v) is 4.08. The lowest BCUT2D eigenvalue weighted by Gasteiger charge is -2.05. The van der Waals surface area contributed by atoms with Gasteiger partial charge in [0.2, 0.25) is 0 Å². The van der Waals surface area contributed by atoms with E-state index in [9.17, 15) is 0 Å². The maximum Gasteiger partial charge on any atom is 0.0208 e. The van der Waals surface area contributed by atoms with Crippen LogP contribution in [-0.2, 0) is 13.1 Å². The van der Waals surface area contributed by atoms with Crippen molar-refractivity contribution < 1.29 is 0 Å². The molecule has 0 aliphatic rings. The van der Waals surface area contributed by atoms with Crippen LogP contribution in [0.25, 0.3) is 0 Å². The van der Waals surface area contributed by atoms with Gasteiger partial charge in [0, 0.05) is 13.1 Å². The Balaban J connectivity index is 0.00000144. The first-order valence-electron chi connectivity index (χ1n) is 5.65. The largest absolute Gasteiger partial charge is 0.309 e. The van der Waals surface area contributed by atoms with E-state index in [1.807, 2.05) is 6.07 Å². The molecule has 0 saturated carbocycles. The van der Waals surface area contributed by atoms with Crippen molar-refractivity contribution in [2.75, 3.05) is 0 Å². The Bertz CT molecular complexity index is 440. The van der Waals surface area contributed by atoms with E-state index in [0.29, 0.717) is 0 Å². The van der Waals surface area contributed by atoms with Crippen LogP contribution in [0.3, 0.4) is 0 Å². The number of benzene rings is 2. The van der Waals surface area contributed by atoms with E-state index in [4.69, 9.17) is 0 Å². The van der Waals surface area contributed by atoms with E-state index in [1.54, 1.807) is 0 Å². The fourth-order valence-electron chi connectivity index (χ4n) is 1.77. The Morgan fingerprint density at radius 3 is 2.18 bits per heavy atom. The first kappa shape index (κ1) is 13.8. The molecular weight excluding hydrogens is 230 g/mol. The third kappa shape index (κ3) is 4.59. The zero-order valence-corrected chi connectivity index (χ0v) is 10.8. The number of rotatable bonds is 4. The average molecular weight is 248 g/mol. The monoisotopic (exact) mass is 247 g/mol. The molecule has 0 aliphatic carbocycles. The fourth-order valence-corrected chi connectivity index (χ4v) is 1.77. The molecule has 90 valence electrons. The molecule has 0 saturated heterocycles. The highest BCUT2D eigenvalue weighted by atomic mass is 35.5. The molecule has 0 aromatic heterocycles. The first-order valence-corrected chi connectivity index (χ1v) is 5.65. The Kier molecular flexibility index (Phi) is 5.75. The molecule has 0 fully saturated rings. The topological polar surface area (TPSA) is 12.0 Å². The van der Waals surface area contributed by atoms with Crippen LogP contribution in [0.2, 0.25) is 0 Å². The van der Waals surface area contributed by atoms with Crippen LogP contribution >= 0.6 is 12.4 Å². The van der Waals surface area contributed by atoms with Gasteiger partial charge in [-0.1, -0.05) is 60.2 Å². The van der Waals surface area contributed by atoms with Crippen molar-refractivity contribution in [3.05, 3.63) is 71.3 Å². The summed E-state index contributed by atoms with van der Waals surface area (Å²) >= 11 is 0. The molecule has 0 aliphatic heterocycles. The van der Waals surface area contributed by atoms with Crippen molar-refractivity contribution in [3.8, 4) is 0 Å². The smallest absolute Gasteiger partial charge is 0.0208 e. The zero-order chi connectivity index (χ0) is 11.2. The Morgan fingerprint density at radius 1 is 0.824 bits per heavy atom. The van der Waals surface area contributed by atoms with Gasteiger partial charge in [0.1, 0.15) is 0 Å². The van der Waals surface area contributed by atoms with Gasteiger partial charge in [-0.05, 0) is 18.1 Å². The maximum absolute atomic E-state index is 3.45. The SMILES string of the molecule is Cc1cccc(CNCc2ccccc2)c1.Cl. The van der Waals surface area contributed by atoms with Crippen LogP contribution in [0.4, 0.5) is 0 Å². The molecule has 0 heterocycles. The van der Waals surface area contributed by atoms with Gasteiger partial charge in [0.05, 0.1) is 0 Å². The second-order valence-electron chi connectivity index (χ2n) is 4.08. The highest BCUT2D eigenvalue weighted by Crippen LogP contribution is 2.04. The summed E-state index contributed by atoms with van der Waals surface area (Å²) in [5.41, 5.74) is 3.99. The quantitative estimate of drug-likeness (QED) is 0.869. The normalized spacial score (nSPS) is 9.71. The number of aryl methyl sites for hydroxylation is 1. The van der Waals surface area contributed by atoms with E-state index >= 15 is 0 Å². The third-order valence-electron chi connectivity index (χ3n) is 2.58. The number of nitrogens with one attached hydrogen (secondary N) is 1. The summed E-state index contributed by atoms with van der Waals surface area (Å²) in [6.45, 7) is 3.98. The molecule has 1 nitrogen and oxygen atoms in total. The van der Waals surface area contributed by atoms with E-state index in [1.165, 1.54) is 16.7 Å². The van der Waals surface area contributed by atoms with Gasteiger partial charge in [-0.2, -0.15) is 0 Å². The van der Waals surface area contributed by atoms with Gasteiger partial charge in [-0.15, -0.1) is 12.4 Å². The molecule has 0 bridgehead atoms. The fraction of sp³-hybridized carbons (Fsp3) is 0.200. The van der Waals surface area contributed by atoms with Gasteiger partial charge in [0.15, 0.2) is 0 Å². The predicted molar refractivity (Wildman–Crippen MR) is 75.4 cm³/mol. The summed E-state index contributed by atoms with van der Waals surface area (Å²) < 4.78 is 0. The molecule has 0 unspecified atom stereocenters. The Hall–Kier alpha value is -1.31. The van der Waals surface area contributed by atoms with Crippen LogP contribution in [-0.4, -0.2) is 0 Å². The number of hydrogen-bond donors (Lipinski definition) is 1. The summed E-state index contributed by atoms with van der Waals surface area (Å²) in [6.07, 6.45) is 0. The lowest BCUT2D eigenvalue weighted by atomic mass is 10.1. The molecule has 2 heteroatoms. The van der Waals surface area contributed by atoms with Crippen molar-refractivity contribution in [2.24, 2.45) is 0 Å². The summed E-state index contributed by atoms with van der Waals surface area (Å²) in [4.78, 5) is 0. The van der Waals surface area contributed by atoms with Crippen LogP contribution in [0.15, 0.2) is 54.6 Å². The number of hydrogen-bond acceptors (Lipinski definition) is 1. The third-order valence-corrected chi connectivity index (χ3v) is 2.58. The minimum atomic E-state index is 0. The van der Waals surface area contributed by atoms with Crippen LogP contribution < -0.4 is 5.32 Å². The van der Waals surface area contributed by atoms with Gasteiger partial charge < -0.3 is 5.32 Å². The molecule has 1 N–H and O–H groups in total. The minimum Gasteiger partial charge on any atom is -0.309 e. The summed E-state index contributed by atoms with van der Waals surface area (Å²) in [5, 5.41) is 3.45. The summed E-state index contributed by atoms with van der Waals surface area (Å²) in [6, 6.07) is 19.1. The molecule has 17 heavy (non-hydrogen) atoms. The highest BCUT2D eigenvalue weighted by molar-refractivity contribution is 5.85. The van der Waals surface area contributed by atoms with Crippen LogP contribution in [0.5, 0.6) is 0 Å². The van der Waals surface area contributed by atoms with Crippen molar-refractivity contribution in [3.63, 3.8) is 0 Å². The van der Waals surface area contributed by atoms with Crippen molar-refractivity contribution in [1.29, 1.82) is 0 Å². The Labute approximate surface area is 109 Å². The molecule has 0 radical (unpaired) electrons. The first-order chi connectivity index (χ1) is 7.84. The molecule has 0 atom stereocenters. The summed E-state index contributed by atoms with van der Waals surface area (Å²) in [7, 11) is 0. The predicted octanol–water partition coefficient (Wildman–Crippen LogP) is 3.71. The molecule has 2 rings (SSSR count). The van der Waals surface area contributed by atoms with E-state index in [-0.39, 0.29) is 12.4 Å². The van der Waals surface area contributed by atoms with E-state index in [2.05, 4.69) is 60.8 Å². The minimum absolute atomic E-state index is 0. The van der Waals surface area contributed by atoms with Crippen LogP contribution in [0.1, 0.15) is 16.7 Å². The van der Waals surface area contributed by atoms with E-state index < -0.39 is 0 Å². The van der Waals surface area contributed by atoms with Crippen molar-refractivity contribution >= 4 is 12.4 Å². The zero-order valence-electron chi connectivity index (χ0n) is 10.0. The lowest BCUT2D eigenvalue weighted by molar-refractivity contribution is 0.693. The molecule has 0 spiro atoms. The molecule has 0 amide bonds. The molecule has 2 aromatic rings.